The number of β-amino-alcohol motifs (C(OH)–C–C–N with tert-alkyl or cyclic N) is 1. The minimum atomic E-state index is -0.939. The van der Waals surface area contributed by atoms with Crippen LogP contribution in [0, 0.1) is 25.2 Å². The maximum atomic E-state index is 13.1. The van der Waals surface area contributed by atoms with Gasteiger partial charge in [0.25, 0.3) is 5.91 Å². The third-order valence-corrected chi connectivity index (χ3v) is 7.13. The highest BCUT2D eigenvalue weighted by molar-refractivity contribution is 6.07. The van der Waals surface area contributed by atoms with Crippen LogP contribution in [0.3, 0.4) is 0 Å². The highest BCUT2D eigenvalue weighted by Gasteiger charge is 2.53. The summed E-state index contributed by atoms with van der Waals surface area (Å²) in [5, 5.41) is 13.4. The van der Waals surface area contributed by atoms with Crippen LogP contribution in [0.25, 0.3) is 0 Å². The molecule has 1 saturated heterocycles. The van der Waals surface area contributed by atoms with Gasteiger partial charge in [0.15, 0.2) is 0 Å². The summed E-state index contributed by atoms with van der Waals surface area (Å²) in [5.74, 6) is 1.03. The van der Waals surface area contributed by atoms with Gasteiger partial charge in [-0.2, -0.15) is 0 Å². The molecular weight excluding hydrogens is 380 g/mol. The van der Waals surface area contributed by atoms with Gasteiger partial charge in [-0.1, -0.05) is 33.3 Å². The molecule has 0 radical (unpaired) electrons. The van der Waals surface area contributed by atoms with Gasteiger partial charge in [0.05, 0.1) is 6.54 Å². The van der Waals surface area contributed by atoms with Gasteiger partial charge in [-0.15, -0.1) is 0 Å². The van der Waals surface area contributed by atoms with Crippen LogP contribution in [0.4, 0.5) is 4.79 Å². The van der Waals surface area contributed by atoms with E-state index in [1.807, 2.05) is 32.0 Å². The Morgan fingerprint density at radius 3 is 2.37 bits per heavy atom. The van der Waals surface area contributed by atoms with Crippen LogP contribution in [0.5, 0.6) is 5.75 Å². The quantitative estimate of drug-likeness (QED) is 0.660. The molecule has 1 aliphatic heterocycles. The predicted molar refractivity (Wildman–Crippen MR) is 116 cm³/mol. The van der Waals surface area contributed by atoms with E-state index in [0.717, 1.165) is 30.4 Å². The molecule has 1 aromatic rings. The van der Waals surface area contributed by atoms with Crippen molar-refractivity contribution < 1.29 is 19.4 Å². The molecule has 166 valence electrons. The summed E-state index contributed by atoms with van der Waals surface area (Å²) in [5.41, 5.74) is 1.61. The molecule has 1 unspecified atom stereocenters. The van der Waals surface area contributed by atoms with Crippen LogP contribution in [-0.4, -0.2) is 46.7 Å². The first-order valence-electron chi connectivity index (χ1n) is 11.1. The lowest BCUT2D eigenvalue weighted by molar-refractivity contribution is -0.134. The van der Waals surface area contributed by atoms with Crippen molar-refractivity contribution in [2.45, 2.75) is 78.4 Å². The van der Waals surface area contributed by atoms with Crippen LogP contribution >= 0.6 is 0 Å². The summed E-state index contributed by atoms with van der Waals surface area (Å²) in [6.45, 7) is 10.7. The number of imide groups is 1. The highest BCUT2D eigenvalue weighted by atomic mass is 16.5. The van der Waals surface area contributed by atoms with Gasteiger partial charge in [0, 0.05) is 0 Å². The second-order valence-electron chi connectivity index (χ2n) is 9.83. The molecule has 1 spiro atoms. The molecule has 2 aliphatic rings. The van der Waals surface area contributed by atoms with E-state index in [-0.39, 0.29) is 24.5 Å². The number of aliphatic hydroxyl groups excluding tert-OH is 1. The summed E-state index contributed by atoms with van der Waals surface area (Å²) in [6.07, 6.45) is 3.35. The summed E-state index contributed by atoms with van der Waals surface area (Å²) in [4.78, 5) is 26.8. The molecule has 0 bridgehead atoms. The first-order valence-corrected chi connectivity index (χ1v) is 11.1. The molecule has 1 heterocycles. The first kappa shape index (κ1) is 22.6. The Morgan fingerprint density at radius 2 is 1.80 bits per heavy atom. The predicted octanol–water partition coefficient (Wildman–Crippen LogP) is 3.96. The Bertz CT molecular complexity index is 776. The molecule has 1 saturated carbocycles. The summed E-state index contributed by atoms with van der Waals surface area (Å²) in [6, 6.07) is 5.45. The topological polar surface area (TPSA) is 78.9 Å². The summed E-state index contributed by atoms with van der Waals surface area (Å²) < 4.78 is 5.69. The third kappa shape index (κ3) is 4.64. The number of urea groups is 1. The third-order valence-electron chi connectivity index (χ3n) is 7.13. The number of ether oxygens (including phenoxy) is 1. The second-order valence-corrected chi connectivity index (χ2v) is 9.83. The van der Waals surface area contributed by atoms with Crippen molar-refractivity contribution in [3.05, 3.63) is 29.3 Å². The van der Waals surface area contributed by atoms with E-state index >= 15 is 0 Å². The Hall–Kier alpha value is -2.08. The molecule has 6 heteroatoms. The van der Waals surface area contributed by atoms with Gasteiger partial charge < -0.3 is 15.2 Å². The Labute approximate surface area is 180 Å². The molecule has 1 aromatic carbocycles. The molecule has 1 atom stereocenters. The van der Waals surface area contributed by atoms with E-state index in [1.165, 1.54) is 4.90 Å². The van der Waals surface area contributed by atoms with Crippen LogP contribution < -0.4 is 10.1 Å². The maximum Gasteiger partial charge on any atom is 0.325 e. The number of carbonyl (C=O) groups is 2. The van der Waals surface area contributed by atoms with Gasteiger partial charge in [-0.05, 0) is 74.1 Å². The second kappa shape index (κ2) is 8.58. The maximum absolute atomic E-state index is 13.1. The van der Waals surface area contributed by atoms with E-state index in [9.17, 15) is 14.7 Å². The van der Waals surface area contributed by atoms with E-state index in [0.29, 0.717) is 24.5 Å². The normalized spacial score (nSPS) is 25.5. The van der Waals surface area contributed by atoms with Crippen LogP contribution in [0.1, 0.15) is 64.0 Å². The minimum absolute atomic E-state index is 0.0275. The van der Waals surface area contributed by atoms with Crippen molar-refractivity contribution in [2.75, 3.05) is 13.2 Å². The van der Waals surface area contributed by atoms with Crippen LogP contribution in [0.15, 0.2) is 18.2 Å². The minimum Gasteiger partial charge on any atom is -0.491 e. The van der Waals surface area contributed by atoms with Gasteiger partial charge in [-0.25, -0.2) is 4.79 Å². The van der Waals surface area contributed by atoms with Gasteiger partial charge in [0.2, 0.25) is 0 Å². The molecule has 6 nitrogen and oxygen atoms in total. The lowest BCUT2D eigenvalue weighted by Gasteiger charge is -2.42. The zero-order valence-electron chi connectivity index (χ0n) is 19.0. The van der Waals surface area contributed by atoms with Crippen molar-refractivity contribution in [2.24, 2.45) is 11.3 Å². The summed E-state index contributed by atoms with van der Waals surface area (Å²) in [7, 11) is 0. The monoisotopic (exact) mass is 416 g/mol. The zero-order chi connectivity index (χ0) is 22.1. The first-order chi connectivity index (χ1) is 14.1. The standard InChI is InChI=1S/C24H36N2O4/c1-6-23(4,5)18-7-9-24(10-8-18)21(28)26(22(29)25-24)14-19(27)15-30-20-12-16(2)11-17(3)13-20/h11-13,18-19,27H,6-10,14-15H2,1-5H3,(H,25,29). The van der Waals surface area contributed by atoms with E-state index in [2.05, 4.69) is 26.1 Å². The number of benzene rings is 1. The Balaban J connectivity index is 1.57. The number of aliphatic hydroxyl groups is 1. The zero-order valence-corrected chi connectivity index (χ0v) is 19.0. The van der Waals surface area contributed by atoms with Crippen molar-refractivity contribution in [3.8, 4) is 5.75 Å². The average Bonchev–Trinajstić information content (AvgIpc) is 2.90. The van der Waals surface area contributed by atoms with E-state index in [1.54, 1.807) is 0 Å². The van der Waals surface area contributed by atoms with Crippen LogP contribution in [0.2, 0.25) is 0 Å². The Morgan fingerprint density at radius 1 is 1.20 bits per heavy atom. The number of hydrogen-bond donors (Lipinski definition) is 2. The molecule has 30 heavy (non-hydrogen) atoms. The van der Waals surface area contributed by atoms with Crippen molar-refractivity contribution >= 4 is 11.9 Å². The van der Waals surface area contributed by atoms with Gasteiger partial charge in [0.1, 0.15) is 24.0 Å². The van der Waals surface area contributed by atoms with E-state index < -0.39 is 17.7 Å². The fraction of sp³-hybridized carbons (Fsp3) is 0.667. The van der Waals surface area contributed by atoms with Gasteiger partial charge in [-0.3, -0.25) is 9.69 Å². The molecule has 3 amide bonds. The molecule has 1 aliphatic carbocycles. The number of nitrogens with one attached hydrogen (secondary N) is 1. The molecule has 2 N–H and O–H groups in total. The Kier molecular flexibility index (Phi) is 6.46. The number of aryl methyl sites for hydroxylation is 2. The number of hydrogen-bond acceptors (Lipinski definition) is 4. The van der Waals surface area contributed by atoms with Gasteiger partial charge >= 0.3 is 6.03 Å². The smallest absolute Gasteiger partial charge is 0.325 e. The molecular formula is C24H36N2O4. The van der Waals surface area contributed by atoms with Crippen molar-refractivity contribution in [3.63, 3.8) is 0 Å². The van der Waals surface area contributed by atoms with E-state index in [4.69, 9.17) is 4.74 Å². The van der Waals surface area contributed by atoms with Crippen LogP contribution in [-0.2, 0) is 4.79 Å². The fourth-order valence-electron chi connectivity index (χ4n) is 4.83. The number of amides is 3. The lowest BCUT2D eigenvalue weighted by atomic mass is 9.65. The largest absolute Gasteiger partial charge is 0.491 e. The number of carbonyl (C=O) groups excluding carboxylic acids is 2. The van der Waals surface area contributed by atoms with Crippen molar-refractivity contribution in [1.82, 2.24) is 10.2 Å². The molecule has 3 rings (SSSR count). The fourth-order valence-corrected chi connectivity index (χ4v) is 4.83. The highest BCUT2D eigenvalue weighted by Crippen LogP contribution is 2.45. The number of rotatable bonds is 7. The molecule has 0 aromatic heterocycles. The summed E-state index contributed by atoms with van der Waals surface area (Å²) >= 11 is 0. The number of nitrogens with zero attached hydrogens (tertiary/aromatic N) is 1. The lowest BCUT2D eigenvalue weighted by Crippen LogP contribution is -2.51. The average molecular weight is 417 g/mol. The molecule has 2 fully saturated rings. The van der Waals surface area contributed by atoms with Crippen molar-refractivity contribution in [1.29, 1.82) is 0 Å². The SMILES string of the molecule is CCC(C)(C)C1CCC2(CC1)NC(=O)N(CC(O)COc1cc(C)cc(C)c1)C2=O.